The van der Waals surface area contributed by atoms with E-state index >= 15 is 0 Å². The molecular formula is C12H18N2O3S. The molecule has 1 aromatic carbocycles. The third kappa shape index (κ3) is 4.37. The Hall–Kier alpha value is -1.56. The molecular weight excluding hydrogens is 252 g/mol. The number of benzene rings is 1. The van der Waals surface area contributed by atoms with E-state index in [1.165, 1.54) is 0 Å². The van der Waals surface area contributed by atoms with E-state index in [9.17, 15) is 13.2 Å². The summed E-state index contributed by atoms with van der Waals surface area (Å²) in [6.45, 7) is 2.03. The molecule has 0 aliphatic carbocycles. The number of hydrogen-bond donors (Lipinski definition) is 2. The quantitative estimate of drug-likeness (QED) is 0.830. The molecule has 100 valence electrons. The van der Waals surface area contributed by atoms with Gasteiger partial charge in [-0.15, -0.1) is 0 Å². The maximum atomic E-state index is 11.8. The molecule has 0 aromatic heterocycles. The Morgan fingerprint density at radius 1 is 1.33 bits per heavy atom. The van der Waals surface area contributed by atoms with Crippen molar-refractivity contribution in [2.45, 2.75) is 6.92 Å². The summed E-state index contributed by atoms with van der Waals surface area (Å²) in [7, 11) is -1.23. The Morgan fingerprint density at radius 2 is 2.00 bits per heavy atom. The van der Waals surface area contributed by atoms with Crippen molar-refractivity contribution in [3.63, 3.8) is 0 Å². The van der Waals surface area contributed by atoms with Gasteiger partial charge in [0.1, 0.15) is 9.84 Å². The predicted molar refractivity (Wildman–Crippen MR) is 72.8 cm³/mol. The van der Waals surface area contributed by atoms with Crippen molar-refractivity contribution >= 4 is 21.4 Å². The molecule has 1 aromatic rings. The van der Waals surface area contributed by atoms with E-state index in [2.05, 4.69) is 10.6 Å². The number of hydrogen-bond acceptors (Lipinski definition) is 4. The highest BCUT2D eigenvalue weighted by Crippen LogP contribution is 2.15. The lowest BCUT2D eigenvalue weighted by Crippen LogP contribution is -2.28. The molecule has 1 rings (SSSR count). The lowest BCUT2D eigenvalue weighted by Gasteiger charge is -2.08. The Kier molecular flexibility index (Phi) is 4.72. The number of carbonyl (C=O) groups excluding carboxylic acids is 1. The van der Waals surface area contributed by atoms with Crippen LogP contribution in [0.5, 0.6) is 0 Å². The van der Waals surface area contributed by atoms with E-state index in [0.29, 0.717) is 5.56 Å². The van der Waals surface area contributed by atoms with Crippen LogP contribution in [0.15, 0.2) is 18.2 Å². The average molecular weight is 270 g/mol. The Balaban J connectivity index is 2.65. The molecule has 0 aliphatic rings. The zero-order valence-electron chi connectivity index (χ0n) is 10.8. The highest BCUT2D eigenvalue weighted by Gasteiger charge is 2.08. The van der Waals surface area contributed by atoms with Gasteiger partial charge in [0.15, 0.2) is 0 Å². The molecule has 0 atom stereocenters. The van der Waals surface area contributed by atoms with Gasteiger partial charge in [-0.05, 0) is 30.7 Å². The zero-order valence-corrected chi connectivity index (χ0v) is 11.6. The van der Waals surface area contributed by atoms with Crippen LogP contribution < -0.4 is 10.6 Å². The Labute approximate surface area is 108 Å². The maximum absolute atomic E-state index is 11.8. The first-order valence-corrected chi connectivity index (χ1v) is 7.64. The molecule has 2 N–H and O–H groups in total. The molecule has 0 radical (unpaired) electrons. The Morgan fingerprint density at radius 3 is 2.50 bits per heavy atom. The van der Waals surface area contributed by atoms with Gasteiger partial charge in [0, 0.05) is 31.1 Å². The number of sulfone groups is 1. The van der Waals surface area contributed by atoms with Crippen molar-refractivity contribution in [1.82, 2.24) is 5.32 Å². The van der Waals surface area contributed by atoms with Crippen LogP contribution in [-0.4, -0.2) is 39.9 Å². The fourth-order valence-corrected chi connectivity index (χ4v) is 2.01. The van der Waals surface area contributed by atoms with Gasteiger partial charge in [0.25, 0.3) is 5.91 Å². The second-order valence-corrected chi connectivity index (χ2v) is 6.43. The highest BCUT2D eigenvalue weighted by atomic mass is 32.2. The summed E-state index contributed by atoms with van der Waals surface area (Å²) in [6.07, 6.45) is 1.14. The number of amides is 1. The van der Waals surface area contributed by atoms with Crippen LogP contribution in [0.2, 0.25) is 0 Å². The minimum Gasteiger partial charge on any atom is -0.388 e. The van der Waals surface area contributed by atoms with Crippen LogP contribution in [-0.2, 0) is 9.84 Å². The molecule has 0 saturated carbocycles. The van der Waals surface area contributed by atoms with Crippen LogP contribution in [0.4, 0.5) is 5.69 Å². The van der Waals surface area contributed by atoms with Crippen molar-refractivity contribution in [2.24, 2.45) is 0 Å². The molecule has 6 heteroatoms. The first-order chi connectivity index (χ1) is 8.33. The van der Waals surface area contributed by atoms with Gasteiger partial charge >= 0.3 is 0 Å². The molecule has 0 bridgehead atoms. The lowest BCUT2D eigenvalue weighted by atomic mass is 10.1. The van der Waals surface area contributed by atoms with Crippen LogP contribution in [0.25, 0.3) is 0 Å². The van der Waals surface area contributed by atoms with Crippen LogP contribution >= 0.6 is 0 Å². The largest absolute Gasteiger partial charge is 0.388 e. The van der Waals surface area contributed by atoms with E-state index in [-0.39, 0.29) is 18.2 Å². The molecule has 0 heterocycles. The summed E-state index contributed by atoms with van der Waals surface area (Å²) in [4.78, 5) is 11.8. The van der Waals surface area contributed by atoms with Gasteiger partial charge in [0.2, 0.25) is 0 Å². The average Bonchev–Trinajstić information content (AvgIpc) is 2.27. The maximum Gasteiger partial charge on any atom is 0.251 e. The number of nitrogens with one attached hydrogen (secondary N) is 2. The van der Waals surface area contributed by atoms with Gasteiger partial charge in [-0.2, -0.15) is 0 Å². The monoisotopic (exact) mass is 270 g/mol. The molecule has 5 nitrogen and oxygen atoms in total. The van der Waals surface area contributed by atoms with Gasteiger partial charge in [-0.1, -0.05) is 0 Å². The van der Waals surface area contributed by atoms with Crippen LogP contribution in [0, 0.1) is 6.92 Å². The first kappa shape index (κ1) is 14.5. The van der Waals surface area contributed by atoms with E-state index in [1.807, 2.05) is 20.0 Å². The summed E-state index contributed by atoms with van der Waals surface area (Å²) in [5.74, 6) is -0.309. The van der Waals surface area contributed by atoms with Crippen molar-refractivity contribution in [3.05, 3.63) is 29.3 Å². The first-order valence-electron chi connectivity index (χ1n) is 5.58. The topological polar surface area (TPSA) is 75.3 Å². The van der Waals surface area contributed by atoms with Crippen molar-refractivity contribution in [1.29, 1.82) is 0 Å². The molecule has 1 amide bonds. The van der Waals surface area contributed by atoms with E-state index in [1.54, 1.807) is 12.1 Å². The van der Waals surface area contributed by atoms with Crippen molar-refractivity contribution < 1.29 is 13.2 Å². The summed E-state index contributed by atoms with van der Waals surface area (Å²) in [6, 6.07) is 5.29. The number of carbonyl (C=O) groups is 1. The standard InChI is InChI=1S/C12H18N2O3S/c1-9-8-10(4-5-11(9)13-2)12(15)14-6-7-18(3,16)17/h4-5,8,13H,6-7H2,1-3H3,(H,14,15). The second kappa shape index (κ2) is 5.86. The van der Waals surface area contributed by atoms with E-state index < -0.39 is 9.84 Å². The van der Waals surface area contributed by atoms with E-state index in [4.69, 9.17) is 0 Å². The predicted octanol–water partition coefficient (Wildman–Crippen LogP) is 0.811. The molecule has 0 unspecified atom stereocenters. The number of anilines is 1. The van der Waals surface area contributed by atoms with Crippen molar-refractivity contribution in [2.75, 3.05) is 30.9 Å². The summed E-state index contributed by atoms with van der Waals surface area (Å²) in [5.41, 5.74) is 2.45. The third-order valence-electron chi connectivity index (χ3n) is 2.52. The van der Waals surface area contributed by atoms with Crippen molar-refractivity contribution in [3.8, 4) is 0 Å². The molecule has 0 aliphatic heterocycles. The van der Waals surface area contributed by atoms with E-state index in [0.717, 1.165) is 17.5 Å². The second-order valence-electron chi connectivity index (χ2n) is 4.17. The smallest absolute Gasteiger partial charge is 0.251 e. The number of aryl methyl sites for hydroxylation is 1. The minimum absolute atomic E-state index is 0.0493. The third-order valence-corrected chi connectivity index (χ3v) is 3.46. The normalized spacial score (nSPS) is 11.1. The lowest BCUT2D eigenvalue weighted by molar-refractivity contribution is 0.0956. The van der Waals surface area contributed by atoms with Gasteiger partial charge in [-0.25, -0.2) is 8.42 Å². The summed E-state index contributed by atoms with van der Waals surface area (Å²) < 4.78 is 21.9. The van der Waals surface area contributed by atoms with Gasteiger partial charge < -0.3 is 10.6 Å². The zero-order chi connectivity index (χ0) is 13.8. The molecule has 0 spiro atoms. The molecule has 0 saturated heterocycles. The van der Waals surface area contributed by atoms with Gasteiger partial charge in [-0.3, -0.25) is 4.79 Å². The summed E-state index contributed by atoms with van der Waals surface area (Å²) >= 11 is 0. The minimum atomic E-state index is -3.05. The summed E-state index contributed by atoms with van der Waals surface area (Å²) in [5, 5.41) is 5.60. The molecule has 0 fully saturated rings. The highest BCUT2D eigenvalue weighted by molar-refractivity contribution is 7.90. The molecule has 18 heavy (non-hydrogen) atoms. The van der Waals surface area contributed by atoms with Gasteiger partial charge in [0.05, 0.1) is 5.75 Å². The fraction of sp³-hybridized carbons (Fsp3) is 0.417. The van der Waals surface area contributed by atoms with Crippen LogP contribution in [0.1, 0.15) is 15.9 Å². The Bertz CT molecular complexity index is 538. The fourth-order valence-electron chi connectivity index (χ4n) is 1.54. The number of rotatable bonds is 5. The SMILES string of the molecule is CNc1ccc(C(=O)NCCS(C)(=O)=O)cc1C. The van der Waals surface area contributed by atoms with Crippen LogP contribution in [0.3, 0.4) is 0 Å².